The molecule has 1 saturated heterocycles. The Labute approximate surface area is 129 Å². The average molecular weight is 301 g/mol. The molecule has 0 aromatic carbocycles. The fourth-order valence-corrected chi connectivity index (χ4v) is 4.56. The maximum Gasteiger partial charge on any atom is 0.236 e. The van der Waals surface area contributed by atoms with Crippen molar-refractivity contribution in [2.24, 2.45) is 16.7 Å². The van der Waals surface area contributed by atoms with Gasteiger partial charge in [0.2, 0.25) is 5.91 Å². The monoisotopic (exact) mass is 300 g/mol. The number of rotatable bonds is 4. The van der Waals surface area contributed by atoms with Crippen LogP contribution < -0.4 is 5.32 Å². The molecule has 0 aromatic heterocycles. The summed E-state index contributed by atoms with van der Waals surface area (Å²) in [5, 5.41) is 3.35. The maximum atomic E-state index is 12.4. The van der Waals surface area contributed by atoms with Gasteiger partial charge in [0.05, 0.1) is 6.54 Å². The molecule has 0 spiro atoms. The Bertz CT molecular complexity index is 381. The van der Waals surface area contributed by atoms with Gasteiger partial charge in [0.25, 0.3) is 0 Å². The molecular formula is C16H29ClN2O. The van der Waals surface area contributed by atoms with E-state index < -0.39 is 0 Å². The standard InChI is InChI=1S/C16H28N2O.ClH/c1-15(2)6-13-7-16(3,10-15)11-18(13)14(19)9-17-8-12-4-5-12;/h12-13,17H,4-11H2,1-3H3;1H. The molecule has 20 heavy (non-hydrogen) atoms. The molecular weight excluding hydrogens is 272 g/mol. The lowest BCUT2D eigenvalue weighted by molar-refractivity contribution is -0.131. The highest BCUT2D eigenvalue weighted by molar-refractivity contribution is 5.85. The van der Waals surface area contributed by atoms with Gasteiger partial charge in [-0.1, -0.05) is 20.8 Å². The van der Waals surface area contributed by atoms with Crippen molar-refractivity contribution in [3.05, 3.63) is 0 Å². The highest BCUT2D eigenvalue weighted by Gasteiger charge is 2.50. The number of hydrogen-bond acceptors (Lipinski definition) is 2. The first-order valence-electron chi connectivity index (χ1n) is 7.87. The molecule has 3 nitrogen and oxygen atoms in total. The third-order valence-corrected chi connectivity index (χ3v) is 5.14. The Kier molecular flexibility index (Phi) is 4.42. The van der Waals surface area contributed by atoms with Gasteiger partial charge in [0, 0.05) is 12.6 Å². The molecule has 3 aliphatic rings. The molecule has 3 fully saturated rings. The zero-order valence-corrected chi connectivity index (χ0v) is 13.9. The summed E-state index contributed by atoms with van der Waals surface area (Å²) in [5.74, 6) is 1.18. The summed E-state index contributed by atoms with van der Waals surface area (Å²) in [4.78, 5) is 14.6. The fraction of sp³-hybridized carbons (Fsp3) is 0.938. The Balaban J connectivity index is 0.00000147. The number of nitrogens with one attached hydrogen (secondary N) is 1. The first kappa shape index (κ1) is 16.1. The van der Waals surface area contributed by atoms with Crippen molar-refractivity contribution in [1.82, 2.24) is 10.2 Å². The number of halogens is 1. The van der Waals surface area contributed by atoms with Gasteiger partial charge in [0.15, 0.2) is 0 Å². The van der Waals surface area contributed by atoms with Gasteiger partial charge in [0.1, 0.15) is 0 Å². The summed E-state index contributed by atoms with van der Waals surface area (Å²) in [6.45, 7) is 9.64. The van der Waals surface area contributed by atoms with Gasteiger partial charge in [-0.2, -0.15) is 0 Å². The number of fused-ring (bicyclic) bond motifs is 2. The molecule has 1 aliphatic heterocycles. The predicted octanol–water partition coefficient (Wildman–Crippen LogP) is 2.84. The van der Waals surface area contributed by atoms with Crippen LogP contribution in [-0.2, 0) is 4.79 Å². The van der Waals surface area contributed by atoms with Gasteiger partial charge in [-0.05, 0) is 55.4 Å². The van der Waals surface area contributed by atoms with E-state index in [0.717, 1.165) is 19.0 Å². The maximum absolute atomic E-state index is 12.4. The SMILES string of the molecule is CC1(C)CC2CC(C)(CN2C(=O)CNCC2CC2)C1.Cl. The minimum atomic E-state index is 0. The third kappa shape index (κ3) is 3.48. The summed E-state index contributed by atoms with van der Waals surface area (Å²) >= 11 is 0. The van der Waals surface area contributed by atoms with Crippen LogP contribution in [0, 0.1) is 16.7 Å². The summed E-state index contributed by atoms with van der Waals surface area (Å²) in [6, 6.07) is 0.490. The molecule has 2 atom stereocenters. The number of carbonyl (C=O) groups is 1. The lowest BCUT2D eigenvalue weighted by Crippen LogP contribution is -2.42. The van der Waals surface area contributed by atoms with E-state index in [0.29, 0.717) is 29.3 Å². The van der Waals surface area contributed by atoms with Crippen LogP contribution in [0.2, 0.25) is 0 Å². The molecule has 0 aromatic rings. The average Bonchev–Trinajstić information content (AvgIpc) is 3.03. The van der Waals surface area contributed by atoms with Crippen molar-refractivity contribution >= 4 is 18.3 Å². The topological polar surface area (TPSA) is 32.3 Å². The van der Waals surface area contributed by atoms with Crippen LogP contribution in [0.1, 0.15) is 52.9 Å². The van der Waals surface area contributed by atoms with Gasteiger partial charge in [-0.3, -0.25) is 4.79 Å². The van der Waals surface area contributed by atoms with Crippen LogP contribution in [0.25, 0.3) is 0 Å². The summed E-state index contributed by atoms with van der Waals surface area (Å²) in [5.41, 5.74) is 0.757. The zero-order chi connectivity index (χ0) is 13.7. The van der Waals surface area contributed by atoms with E-state index in [4.69, 9.17) is 0 Å². The lowest BCUT2D eigenvalue weighted by Gasteiger charge is -2.39. The molecule has 0 radical (unpaired) electrons. The Morgan fingerprint density at radius 1 is 1.25 bits per heavy atom. The van der Waals surface area contributed by atoms with Crippen LogP contribution in [0.3, 0.4) is 0 Å². The second kappa shape index (κ2) is 5.49. The Morgan fingerprint density at radius 2 is 1.95 bits per heavy atom. The van der Waals surface area contributed by atoms with Crippen molar-refractivity contribution < 1.29 is 4.79 Å². The van der Waals surface area contributed by atoms with Crippen molar-refractivity contribution in [2.75, 3.05) is 19.6 Å². The molecule has 4 heteroatoms. The highest BCUT2D eigenvalue weighted by Crippen LogP contribution is 2.52. The normalized spacial score (nSPS) is 34.8. The molecule has 2 aliphatic carbocycles. The smallest absolute Gasteiger partial charge is 0.236 e. The van der Waals surface area contributed by atoms with Gasteiger partial charge in [-0.25, -0.2) is 0 Å². The molecule has 116 valence electrons. The predicted molar refractivity (Wildman–Crippen MR) is 84.1 cm³/mol. The van der Waals surface area contributed by atoms with Crippen LogP contribution >= 0.6 is 12.4 Å². The highest BCUT2D eigenvalue weighted by atomic mass is 35.5. The van der Waals surface area contributed by atoms with E-state index >= 15 is 0 Å². The second-order valence-corrected chi connectivity index (χ2v) is 8.31. The van der Waals surface area contributed by atoms with E-state index in [1.54, 1.807) is 0 Å². The molecule has 2 bridgehead atoms. The number of hydrogen-bond donors (Lipinski definition) is 1. The first-order valence-corrected chi connectivity index (χ1v) is 7.87. The zero-order valence-electron chi connectivity index (χ0n) is 13.1. The summed E-state index contributed by atoms with van der Waals surface area (Å²) in [6.07, 6.45) is 6.34. The van der Waals surface area contributed by atoms with Crippen LogP contribution in [0.15, 0.2) is 0 Å². The van der Waals surface area contributed by atoms with E-state index in [2.05, 4.69) is 31.0 Å². The van der Waals surface area contributed by atoms with Crippen LogP contribution in [-0.4, -0.2) is 36.5 Å². The Hall–Kier alpha value is -0.280. The van der Waals surface area contributed by atoms with Crippen molar-refractivity contribution in [1.29, 1.82) is 0 Å². The lowest BCUT2D eigenvalue weighted by atomic mass is 9.65. The van der Waals surface area contributed by atoms with E-state index in [1.807, 2.05) is 0 Å². The molecule has 1 amide bonds. The first-order chi connectivity index (χ1) is 8.87. The minimum absolute atomic E-state index is 0. The molecule has 2 saturated carbocycles. The number of carbonyl (C=O) groups excluding carboxylic acids is 1. The minimum Gasteiger partial charge on any atom is -0.338 e. The van der Waals surface area contributed by atoms with E-state index in [-0.39, 0.29) is 12.4 Å². The molecule has 2 unspecified atom stereocenters. The number of amides is 1. The third-order valence-electron chi connectivity index (χ3n) is 5.14. The van der Waals surface area contributed by atoms with Gasteiger partial charge >= 0.3 is 0 Å². The Morgan fingerprint density at radius 3 is 2.60 bits per heavy atom. The number of likely N-dealkylation sites (tertiary alicyclic amines) is 1. The number of nitrogens with zero attached hydrogens (tertiary/aromatic N) is 1. The van der Waals surface area contributed by atoms with Crippen LogP contribution in [0.5, 0.6) is 0 Å². The van der Waals surface area contributed by atoms with Crippen molar-refractivity contribution in [3.63, 3.8) is 0 Å². The molecule has 1 heterocycles. The molecule has 1 N–H and O–H groups in total. The largest absolute Gasteiger partial charge is 0.338 e. The van der Waals surface area contributed by atoms with E-state index in [1.165, 1.54) is 32.1 Å². The van der Waals surface area contributed by atoms with Crippen molar-refractivity contribution in [2.45, 2.75) is 58.9 Å². The van der Waals surface area contributed by atoms with Crippen LogP contribution in [0.4, 0.5) is 0 Å². The van der Waals surface area contributed by atoms with Gasteiger partial charge in [-0.15, -0.1) is 12.4 Å². The fourth-order valence-electron chi connectivity index (χ4n) is 4.56. The quantitative estimate of drug-likeness (QED) is 0.866. The van der Waals surface area contributed by atoms with E-state index in [9.17, 15) is 4.79 Å². The summed E-state index contributed by atoms with van der Waals surface area (Å²) in [7, 11) is 0. The molecule has 3 rings (SSSR count). The van der Waals surface area contributed by atoms with Gasteiger partial charge < -0.3 is 10.2 Å². The van der Waals surface area contributed by atoms with Crippen molar-refractivity contribution in [3.8, 4) is 0 Å². The second-order valence-electron chi connectivity index (χ2n) is 8.31. The summed E-state index contributed by atoms with van der Waals surface area (Å²) < 4.78 is 0.